The molecule has 1 unspecified atom stereocenters. The molecule has 1 aromatic rings. The van der Waals surface area contributed by atoms with Crippen molar-refractivity contribution in [2.45, 2.75) is 19.9 Å². The van der Waals surface area contributed by atoms with Crippen molar-refractivity contribution in [3.8, 4) is 5.75 Å². The summed E-state index contributed by atoms with van der Waals surface area (Å²) in [5.74, 6) is 0.768. The van der Waals surface area contributed by atoms with Crippen molar-refractivity contribution < 1.29 is 9.53 Å². The molecule has 1 N–H and O–H groups in total. The van der Waals surface area contributed by atoms with E-state index in [1.54, 1.807) is 7.11 Å². The van der Waals surface area contributed by atoms with Gasteiger partial charge in [0, 0.05) is 5.56 Å². The van der Waals surface area contributed by atoms with Gasteiger partial charge in [0.05, 0.1) is 18.5 Å². The fourth-order valence-corrected chi connectivity index (χ4v) is 1.71. The van der Waals surface area contributed by atoms with Gasteiger partial charge >= 0.3 is 0 Å². The lowest BCUT2D eigenvalue weighted by Crippen LogP contribution is -2.27. The Morgan fingerprint density at radius 1 is 1.56 bits per heavy atom. The number of alkyl halides is 1. The Kier molecular flexibility index (Phi) is 4.80. The van der Waals surface area contributed by atoms with Crippen LogP contribution in [0, 0.1) is 6.92 Å². The summed E-state index contributed by atoms with van der Waals surface area (Å²) in [4.78, 5) is 11.3. The van der Waals surface area contributed by atoms with Crippen molar-refractivity contribution >= 4 is 21.8 Å². The first-order valence-electron chi connectivity index (χ1n) is 5.08. The fraction of sp³-hybridized carbons (Fsp3) is 0.417. The maximum Gasteiger partial charge on any atom is 0.231 e. The molecule has 0 aliphatic heterocycles. The van der Waals surface area contributed by atoms with Gasteiger partial charge in [0.2, 0.25) is 5.91 Å². The molecule has 1 atom stereocenters. The molecule has 0 radical (unpaired) electrons. The molecule has 4 heteroatoms. The first kappa shape index (κ1) is 13.0. The van der Waals surface area contributed by atoms with Crippen LogP contribution in [0.4, 0.5) is 0 Å². The van der Waals surface area contributed by atoms with Gasteiger partial charge in [-0.2, -0.15) is 0 Å². The highest BCUT2D eigenvalue weighted by Gasteiger charge is 2.13. The van der Waals surface area contributed by atoms with Crippen molar-refractivity contribution in [3.63, 3.8) is 0 Å². The third-order valence-electron chi connectivity index (χ3n) is 2.35. The smallest absolute Gasteiger partial charge is 0.231 e. The highest BCUT2D eigenvalue weighted by molar-refractivity contribution is 9.09. The molecular formula is C12H16BrNO2. The van der Waals surface area contributed by atoms with Gasteiger partial charge in [0.15, 0.2) is 0 Å². The van der Waals surface area contributed by atoms with E-state index in [0.717, 1.165) is 16.9 Å². The van der Waals surface area contributed by atoms with E-state index >= 15 is 0 Å². The number of hydrogen-bond donors (Lipinski definition) is 1. The number of carbonyl (C=O) groups excluding carboxylic acids is 1. The predicted octanol–water partition coefficient (Wildman–Crippen LogP) is 2.58. The average Bonchev–Trinajstić information content (AvgIpc) is 2.28. The summed E-state index contributed by atoms with van der Waals surface area (Å²) in [7, 11) is 1.63. The second kappa shape index (κ2) is 5.89. The number of halogens is 1. The summed E-state index contributed by atoms with van der Waals surface area (Å²) < 4.78 is 5.27. The number of carbonyl (C=O) groups is 1. The number of ether oxygens (including phenoxy) is 1. The van der Waals surface area contributed by atoms with Crippen molar-refractivity contribution in [2.75, 3.05) is 12.4 Å². The molecule has 0 aromatic heterocycles. The molecule has 0 bridgehead atoms. The lowest BCUT2D eigenvalue weighted by Gasteiger charge is -2.17. The van der Waals surface area contributed by atoms with Crippen LogP contribution in [0.3, 0.4) is 0 Å². The van der Waals surface area contributed by atoms with Gasteiger partial charge in [-0.15, -0.1) is 0 Å². The Hall–Kier alpha value is -1.03. The Labute approximate surface area is 104 Å². The van der Waals surface area contributed by atoms with Crippen LogP contribution in [-0.2, 0) is 4.79 Å². The van der Waals surface area contributed by atoms with Gasteiger partial charge in [0.1, 0.15) is 5.75 Å². The van der Waals surface area contributed by atoms with Crippen molar-refractivity contribution in [1.29, 1.82) is 0 Å². The quantitative estimate of drug-likeness (QED) is 0.864. The van der Waals surface area contributed by atoms with E-state index in [9.17, 15) is 4.79 Å². The first-order valence-corrected chi connectivity index (χ1v) is 6.20. The summed E-state index contributed by atoms with van der Waals surface area (Å²) >= 11 is 3.12. The molecule has 0 aliphatic rings. The molecule has 0 heterocycles. The van der Waals surface area contributed by atoms with Gasteiger partial charge in [-0.25, -0.2) is 0 Å². The van der Waals surface area contributed by atoms with E-state index < -0.39 is 0 Å². The maximum absolute atomic E-state index is 11.3. The van der Waals surface area contributed by atoms with E-state index in [1.165, 1.54) is 0 Å². The van der Waals surface area contributed by atoms with Gasteiger partial charge in [-0.3, -0.25) is 4.79 Å². The topological polar surface area (TPSA) is 38.3 Å². The van der Waals surface area contributed by atoms with Crippen molar-refractivity contribution in [2.24, 2.45) is 0 Å². The normalized spacial score (nSPS) is 12.0. The van der Waals surface area contributed by atoms with E-state index in [4.69, 9.17) is 4.74 Å². The van der Waals surface area contributed by atoms with Crippen molar-refractivity contribution in [1.82, 2.24) is 5.32 Å². The van der Waals surface area contributed by atoms with Gasteiger partial charge < -0.3 is 10.1 Å². The first-order chi connectivity index (χ1) is 7.58. The molecule has 3 nitrogen and oxygen atoms in total. The van der Waals surface area contributed by atoms with Gasteiger partial charge in [0.25, 0.3) is 0 Å². The molecule has 0 aliphatic carbocycles. The highest BCUT2D eigenvalue weighted by atomic mass is 79.9. The van der Waals surface area contributed by atoms with Crippen LogP contribution in [0.15, 0.2) is 18.2 Å². The standard InChI is InChI=1S/C12H16BrNO2/c1-8-4-5-11(16-3)10(6-8)9(2)14-12(15)7-13/h4-6,9H,7H2,1-3H3,(H,14,15). The Morgan fingerprint density at radius 3 is 2.81 bits per heavy atom. The largest absolute Gasteiger partial charge is 0.496 e. The minimum absolute atomic E-state index is 0.0314. The zero-order chi connectivity index (χ0) is 12.1. The monoisotopic (exact) mass is 285 g/mol. The summed E-state index contributed by atoms with van der Waals surface area (Å²) in [6, 6.07) is 5.88. The molecule has 1 amide bonds. The Balaban J connectivity index is 2.92. The van der Waals surface area contributed by atoms with Crippen molar-refractivity contribution in [3.05, 3.63) is 29.3 Å². The number of nitrogens with one attached hydrogen (secondary N) is 1. The minimum Gasteiger partial charge on any atom is -0.496 e. The molecule has 1 rings (SSSR count). The summed E-state index contributed by atoms with van der Waals surface area (Å²) in [5, 5.41) is 3.19. The number of hydrogen-bond acceptors (Lipinski definition) is 2. The predicted molar refractivity (Wildman–Crippen MR) is 68.1 cm³/mol. The third kappa shape index (κ3) is 3.23. The Bertz CT molecular complexity index is 379. The van der Waals surface area contributed by atoms with Crippen LogP contribution in [-0.4, -0.2) is 18.3 Å². The summed E-state index contributed by atoms with van der Waals surface area (Å²) in [6.07, 6.45) is 0. The van der Waals surface area contributed by atoms with Gasteiger partial charge in [-0.05, 0) is 19.9 Å². The molecule has 1 aromatic carbocycles. The number of methoxy groups -OCH3 is 1. The SMILES string of the molecule is COc1ccc(C)cc1C(C)NC(=O)CBr. The molecule has 88 valence electrons. The van der Waals surface area contributed by atoms with Crippen LogP contribution < -0.4 is 10.1 Å². The molecule has 0 spiro atoms. The van der Waals surface area contributed by atoms with Crippen LogP contribution in [0.5, 0.6) is 5.75 Å². The summed E-state index contributed by atoms with van der Waals surface area (Å²) in [5.41, 5.74) is 2.15. The zero-order valence-electron chi connectivity index (χ0n) is 9.71. The number of aryl methyl sites for hydroxylation is 1. The lowest BCUT2D eigenvalue weighted by molar-refractivity contribution is -0.119. The van der Waals surface area contributed by atoms with Crippen LogP contribution in [0.25, 0.3) is 0 Å². The number of amides is 1. The van der Waals surface area contributed by atoms with Crippen LogP contribution >= 0.6 is 15.9 Å². The fourth-order valence-electron chi connectivity index (χ4n) is 1.55. The number of benzene rings is 1. The highest BCUT2D eigenvalue weighted by Crippen LogP contribution is 2.25. The minimum atomic E-state index is -0.0556. The lowest BCUT2D eigenvalue weighted by atomic mass is 10.0. The molecular weight excluding hydrogens is 270 g/mol. The zero-order valence-corrected chi connectivity index (χ0v) is 11.3. The molecule has 0 saturated carbocycles. The molecule has 16 heavy (non-hydrogen) atoms. The second-order valence-corrected chi connectivity index (χ2v) is 4.23. The van der Waals surface area contributed by atoms with Crippen LogP contribution in [0.2, 0.25) is 0 Å². The second-order valence-electron chi connectivity index (χ2n) is 3.67. The van der Waals surface area contributed by atoms with E-state index in [2.05, 4.69) is 21.2 Å². The van der Waals surface area contributed by atoms with Crippen LogP contribution in [0.1, 0.15) is 24.1 Å². The maximum atomic E-state index is 11.3. The van der Waals surface area contributed by atoms with E-state index in [0.29, 0.717) is 5.33 Å². The van der Waals surface area contributed by atoms with E-state index in [-0.39, 0.29) is 11.9 Å². The van der Waals surface area contributed by atoms with E-state index in [1.807, 2.05) is 32.0 Å². The van der Waals surface area contributed by atoms with Gasteiger partial charge in [-0.1, -0.05) is 33.6 Å². The summed E-state index contributed by atoms with van der Waals surface area (Å²) in [6.45, 7) is 3.96. The Morgan fingerprint density at radius 2 is 2.25 bits per heavy atom. The number of rotatable bonds is 4. The average molecular weight is 286 g/mol. The third-order valence-corrected chi connectivity index (χ3v) is 2.86. The molecule has 0 fully saturated rings. The molecule has 0 saturated heterocycles.